The van der Waals surface area contributed by atoms with Gasteiger partial charge in [0.1, 0.15) is 11.8 Å². The maximum Gasteiger partial charge on any atom is 0.244 e. The van der Waals surface area contributed by atoms with E-state index in [9.17, 15) is 4.79 Å². The van der Waals surface area contributed by atoms with Crippen LogP contribution in [0.15, 0.2) is 18.2 Å². The van der Waals surface area contributed by atoms with Gasteiger partial charge in [-0.2, -0.15) is 0 Å². The van der Waals surface area contributed by atoms with Crippen LogP contribution in [0.1, 0.15) is 6.42 Å². The van der Waals surface area contributed by atoms with Crippen LogP contribution in [-0.2, 0) is 4.79 Å². The number of nitrogen functional groups attached to an aromatic ring is 1. The van der Waals surface area contributed by atoms with Crippen molar-refractivity contribution in [3.05, 3.63) is 18.2 Å². The minimum absolute atomic E-state index is 0.111. The number of nitrogens with zero attached hydrogens (tertiary/aromatic N) is 1. The third-order valence-electron chi connectivity index (χ3n) is 3.02. The first-order chi connectivity index (χ1) is 8.11. The molecule has 1 saturated heterocycles. The first kappa shape index (κ1) is 11.6. The van der Waals surface area contributed by atoms with Crippen LogP contribution in [0.3, 0.4) is 0 Å². The predicted molar refractivity (Wildman–Crippen MR) is 67.1 cm³/mol. The van der Waals surface area contributed by atoms with Gasteiger partial charge in [0.2, 0.25) is 5.91 Å². The average molecular weight is 235 g/mol. The number of rotatable bonds is 3. The Morgan fingerprint density at radius 2 is 2.29 bits per heavy atom. The Bertz CT molecular complexity index is 434. The number of anilines is 2. The van der Waals surface area contributed by atoms with Gasteiger partial charge in [0.25, 0.3) is 0 Å². The minimum atomic E-state index is -0.171. The lowest BCUT2D eigenvalue weighted by molar-refractivity contribution is -0.127. The quantitative estimate of drug-likeness (QED) is 0.764. The van der Waals surface area contributed by atoms with E-state index in [4.69, 9.17) is 10.5 Å². The highest BCUT2D eigenvalue weighted by atomic mass is 16.5. The van der Waals surface area contributed by atoms with Gasteiger partial charge in [-0.1, -0.05) is 0 Å². The molecule has 0 aliphatic carbocycles. The van der Waals surface area contributed by atoms with Crippen LogP contribution in [0.25, 0.3) is 0 Å². The molecule has 92 valence electrons. The molecule has 1 aromatic rings. The number of carbonyl (C=O) groups excluding carboxylic acids is 1. The number of benzene rings is 1. The Balaban J connectivity index is 2.11. The van der Waals surface area contributed by atoms with E-state index in [1.807, 2.05) is 12.1 Å². The smallest absolute Gasteiger partial charge is 0.244 e. The monoisotopic (exact) mass is 235 g/mol. The normalized spacial score (nSPS) is 19.5. The summed E-state index contributed by atoms with van der Waals surface area (Å²) >= 11 is 0. The van der Waals surface area contributed by atoms with Gasteiger partial charge in [-0.15, -0.1) is 0 Å². The summed E-state index contributed by atoms with van der Waals surface area (Å²) in [6.07, 6.45) is 0.806. The van der Waals surface area contributed by atoms with Crippen LogP contribution < -0.4 is 15.8 Å². The van der Waals surface area contributed by atoms with Crippen LogP contribution >= 0.6 is 0 Å². The summed E-state index contributed by atoms with van der Waals surface area (Å²) in [6.45, 7) is 0.784. The Labute approximate surface area is 101 Å². The van der Waals surface area contributed by atoms with Crippen molar-refractivity contribution < 1.29 is 9.53 Å². The SMILES string of the molecule is COc1ccc(NC2CCN(C)C2=O)c(N)c1. The number of methoxy groups -OCH3 is 1. The van der Waals surface area contributed by atoms with Crippen LogP contribution in [0.4, 0.5) is 11.4 Å². The molecule has 1 aromatic carbocycles. The van der Waals surface area contributed by atoms with E-state index < -0.39 is 0 Å². The molecule has 3 N–H and O–H groups in total. The summed E-state index contributed by atoms with van der Waals surface area (Å²) in [5.41, 5.74) is 7.25. The molecule has 1 aliphatic heterocycles. The van der Waals surface area contributed by atoms with Crippen molar-refractivity contribution >= 4 is 17.3 Å². The number of amides is 1. The van der Waals surface area contributed by atoms with E-state index in [1.165, 1.54) is 0 Å². The molecule has 17 heavy (non-hydrogen) atoms. The van der Waals surface area contributed by atoms with E-state index in [1.54, 1.807) is 25.1 Å². The molecule has 2 rings (SSSR count). The van der Waals surface area contributed by atoms with Gasteiger partial charge < -0.3 is 20.7 Å². The lowest BCUT2D eigenvalue weighted by atomic mass is 10.2. The van der Waals surface area contributed by atoms with Crippen molar-refractivity contribution in [3.8, 4) is 5.75 Å². The highest BCUT2D eigenvalue weighted by molar-refractivity contribution is 5.87. The molecule has 5 nitrogen and oxygen atoms in total. The zero-order chi connectivity index (χ0) is 12.4. The second kappa shape index (κ2) is 4.53. The standard InChI is InChI=1S/C12H17N3O2/c1-15-6-5-11(12(15)16)14-10-4-3-8(17-2)7-9(10)13/h3-4,7,11,14H,5-6,13H2,1-2H3. The number of nitrogens with two attached hydrogens (primary N) is 1. The largest absolute Gasteiger partial charge is 0.497 e. The molecule has 1 fully saturated rings. The summed E-state index contributed by atoms with van der Waals surface area (Å²) in [5.74, 6) is 0.822. The third kappa shape index (κ3) is 2.27. The lowest BCUT2D eigenvalue weighted by Gasteiger charge is -2.15. The van der Waals surface area contributed by atoms with Gasteiger partial charge >= 0.3 is 0 Å². The van der Waals surface area contributed by atoms with Crippen molar-refractivity contribution in [2.75, 3.05) is 31.8 Å². The average Bonchev–Trinajstić information content (AvgIpc) is 2.63. The van der Waals surface area contributed by atoms with E-state index in [0.29, 0.717) is 11.4 Å². The fraction of sp³-hybridized carbons (Fsp3) is 0.417. The summed E-state index contributed by atoms with van der Waals surface area (Å²) in [6, 6.07) is 5.23. The Morgan fingerprint density at radius 1 is 1.53 bits per heavy atom. The molecule has 5 heteroatoms. The van der Waals surface area contributed by atoms with Gasteiger partial charge in [-0.3, -0.25) is 4.79 Å². The van der Waals surface area contributed by atoms with Gasteiger partial charge in [0.05, 0.1) is 18.5 Å². The first-order valence-electron chi connectivity index (χ1n) is 5.57. The summed E-state index contributed by atoms with van der Waals surface area (Å²) < 4.78 is 5.08. The van der Waals surface area contributed by atoms with E-state index in [0.717, 1.165) is 18.7 Å². The number of carbonyl (C=O) groups is 1. The Kier molecular flexibility index (Phi) is 3.08. The molecular weight excluding hydrogens is 218 g/mol. The zero-order valence-electron chi connectivity index (χ0n) is 10.1. The topological polar surface area (TPSA) is 67.6 Å². The van der Waals surface area contributed by atoms with Crippen LogP contribution in [0.2, 0.25) is 0 Å². The van der Waals surface area contributed by atoms with Crippen LogP contribution in [-0.4, -0.2) is 37.6 Å². The summed E-state index contributed by atoms with van der Waals surface area (Å²) in [5, 5.41) is 3.17. The van der Waals surface area contributed by atoms with Crippen LogP contribution in [0.5, 0.6) is 5.75 Å². The zero-order valence-corrected chi connectivity index (χ0v) is 10.1. The molecule has 0 radical (unpaired) electrons. The number of hydrogen-bond donors (Lipinski definition) is 2. The maximum atomic E-state index is 11.7. The maximum absolute atomic E-state index is 11.7. The molecule has 0 spiro atoms. The molecule has 1 heterocycles. The van der Waals surface area contributed by atoms with Gasteiger partial charge in [-0.25, -0.2) is 0 Å². The van der Waals surface area contributed by atoms with Gasteiger partial charge in [0, 0.05) is 19.7 Å². The minimum Gasteiger partial charge on any atom is -0.497 e. The molecule has 0 bridgehead atoms. The third-order valence-corrected chi connectivity index (χ3v) is 3.02. The fourth-order valence-corrected chi connectivity index (χ4v) is 1.94. The van der Waals surface area contributed by atoms with Crippen molar-refractivity contribution in [2.45, 2.75) is 12.5 Å². The fourth-order valence-electron chi connectivity index (χ4n) is 1.94. The lowest BCUT2D eigenvalue weighted by Crippen LogP contribution is -2.31. The first-order valence-corrected chi connectivity index (χ1v) is 5.57. The van der Waals surface area contributed by atoms with Crippen molar-refractivity contribution in [3.63, 3.8) is 0 Å². The van der Waals surface area contributed by atoms with Crippen molar-refractivity contribution in [1.29, 1.82) is 0 Å². The second-order valence-corrected chi connectivity index (χ2v) is 4.20. The molecule has 1 unspecified atom stereocenters. The predicted octanol–water partition coefficient (Wildman–Crippen LogP) is 0.920. The highest BCUT2D eigenvalue weighted by Crippen LogP contribution is 2.26. The number of likely N-dealkylation sites (N-methyl/N-ethyl adjacent to an activating group) is 1. The molecule has 1 amide bonds. The molecule has 0 saturated carbocycles. The Morgan fingerprint density at radius 3 is 2.82 bits per heavy atom. The van der Waals surface area contributed by atoms with Crippen molar-refractivity contribution in [2.24, 2.45) is 0 Å². The second-order valence-electron chi connectivity index (χ2n) is 4.20. The number of hydrogen-bond acceptors (Lipinski definition) is 4. The summed E-state index contributed by atoms with van der Waals surface area (Å²) in [7, 11) is 3.40. The Hall–Kier alpha value is -1.91. The number of nitrogens with one attached hydrogen (secondary N) is 1. The van der Waals surface area contributed by atoms with E-state index in [2.05, 4.69) is 5.32 Å². The highest BCUT2D eigenvalue weighted by Gasteiger charge is 2.29. The molecular formula is C12H17N3O2. The van der Waals surface area contributed by atoms with E-state index in [-0.39, 0.29) is 11.9 Å². The molecule has 1 atom stereocenters. The molecule has 1 aliphatic rings. The van der Waals surface area contributed by atoms with Crippen LogP contribution in [0, 0.1) is 0 Å². The number of ether oxygens (including phenoxy) is 1. The summed E-state index contributed by atoms with van der Waals surface area (Å²) in [4.78, 5) is 13.5. The van der Waals surface area contributed by atoms with E-state index >= 15 is 0 Å². The van der Waals surface area contributed by atoms with Gasteiger partial charge in [-0.05, 0) is 18.6 Å². The van der Waals surface area contributed by atoms with Gasteiger partial charge in [0.15, 0.2) is 0 Å². The number of likely N-dealkylation sites (tertiary alicyclic amines) is 1. The van der Waals surface area contributed by atoms with Crippen molar-refractivity contribution in [1.82, 2.24) is 4.90 Å². The molecule has 0 aromatic heterocycles.